The molecule has 8 aromatic rings. The second-order valence-electron chi connectivity index (χ2n) is 13.7. The van der Waals surface area contributed by atoms with Crippen molar-refractivity contribution in [2.45, 2.75) is 19.3 Å². The van der Waals surface area contributed by atoms with E-state index in [1.54, 1.807) is 0 Å². The van der Waals surface area contributed by atoms with Crippen molar-refractivity contribution in [3.8, 4) is 56.4 Å². The second kappa shape index (κ2) is 12.2. The van der Waals surface area contributed by atoms with E-state index < -0.39 is 5.41 Å². The van der Waals surface area contributed by atoms with Gasteiger partial charge in [-0.2, -0.15) is 0 Å². The topological polar surface area (TPSA) is 51.6 Å². The van der Waals surface area contributed by atoms with E-state index in [-0.39, 0.29) is 0 Å². The first-order valence-corrected chi connectivity index (χ1v) is 18.1. The summed E-state index contributed by atoms with van der Waals surface area (Å²) in [6.45, 7) is 4.34. The largest absolute Gasteiger partial charge is 0.236 e. The molecule has 0 saturated carbocycles. The zero-order valence-electron chi connectivity index (χ0n) is 29.5. The Morgan fingerprint density at radius 2 is 1.11 bits per heavy atom. The maximum Gasteiger partial charge on any atom is 0.161 e. The molecule has 6 aromatic carbocycles. The molecule has 10 rings (SSSR count). The molecule has 53 heavy (non-hydrogen) atoms. The van der Waals surface area contributed by atoms with Crippen LogP contribution < -0.4 is 0 Å². The third-order valence-electron chi connectivity index (χ3n) is 10.9. The maximum atomic E-state index is 5.40. The van der Waals surface area contributed by atoms with Gasteiger partial charge >= 0.3 is 0 Å². The normalized spacial score (nSPS) is 15.7. The Morgan fingerprint density at radius 1 is 0.491 bits per heavy atom. The van der Waals surface area contributed by atoms with Crippen molar-refractivity contribution in [3.63, 3.8) is 0 Å². The van der Waals surface area contributed by atoms with Crippen LogP contribution in [0.3, 0.4) is 0 Å². The van der Waals surface area contributed by atoms with Gasteiger partial charge < -0.3 is 0 Å². The molecule has 4 nitrogen and oxygen atoms in total. The predicted molar refractivity (Wildman–Crippen MR) is 216 cm³/mol. The number of hydrogen-bond donors (Lipinski definition) is 0. The van der Waals surface area contributed by atoms with E-state index >= 15 is 0 Å². The van der Waals surface area contributed by atoms with Crippen molar-refractivity contribution < 1.29 is 0 Å². The number of fused-ring (bicyclic) bond motifs is 8. The molecule has 0 amide bonds. The minimum atomic E-state index is -0.587. The molecule has 0 aliphatic heterocycles. The minimum Gasteiger partial charge on any atom is -0.236 e. The van der Waals surface area contributed by atoms with Crippen LogP contribution in [-0.4, -0.2) is 19.9 Å². The van der Waals surface area contributed by atoms with E-state index in [4.69, 9.17) is 19.9 Å². The van der Waals surface area contributed by atoms with Gasteiger partial charge in [-0.1, -0.05) is 158 Å². The Kier molecular flexibility index (Phi) is 7.12. The van der Waals surface area contributed by atoms with Crippen LogP contribution in [0.2, 0.25) is 0 Å². The number of nitrogens with zero attached hydrogens (tertiary/aromatic N) is 4. The van der Waals surface area contributed by atoms with Crippen LogP contribution in [0, 0.1) is 0 Å². The maximum absolute atomic E-state index is 5.40. The van der Waals surface area contributed by atoms with Gasteiger partial charge in [0.15, 0.2) is 11.6 Å². The van der Waals surface area contributed by atoms with Gasteiger partial charge in [0.1, 0.15) is 0 Å². The SMILES string of the molecule is C/C=C\C1=C(C)c2c(-c3nc(-c4ccc(-c5ccccc5)cc4)c4ccccc4n3)cccc2C12c1ccccc1-c1nc(-c3ccccc3)ncc12. The first-order chi connectivity index (χ1) is 26.2. The molecule has 0 fully saturated rings. The number of aromatic nitrogens is 4. The molecule has 2 aliphatic carbocycles. The summed E-state index contributed by atoms with van der Waals surface area (Å²) in [7, 11) is 0. The van der Waals surface area contributed by atoms with Crippen LogP contribution in [0.25, 0.3) is 72.9 Å². The molecule has 0 saturated heterocycles. The van der Waals surface area contributed by atoms with Gasteiger partial charge in [0.25, 0.3) is 0 Å². The quantitative estimate of drug-likeness (QED) is 0.182. The molecule has 1 atom stereocenters. The van der Waals surface area contributed by atoms with Gasteiger partial charge in [-0.3, -0.25) is 0 Å². The van der Waals surface area contributed by atoms with E-state index in [9.17, 15) is 0 Å². The second-order valence-corrected chi connectivity index (χ2v) is 13.7. The van der Waals surface area contributed by atoms with E-state index in [2.05, 4.69) is 160 Å². The molecule has 4 heteroatoms. The summed E-state index contributed by atoms with van der Waals surface area (Å²) in [5, 5.41) is 1.03. The zero-order valence-corrected chi connectivity index (χ0v) is 29.5. The summed E-state index contributed by atoms with van der Waals surface area (Å²) in [5.41, 5.74) is 15.9. The number of benzene rings is 6. The highest BCUT2D eigenvalue weighted by Crippen LogP contribution is 2.62. The molecular formula is C49H34N4. The number of hydrogen-bond acceptors (Lipinski definition) is 4. The van der Waals surface area contributed by atoms with Crippen LogP contribution in [-0.2, 0) is 5.41 Å². The highest BCUT2D eigenvalue weighted by atomic mass is 14.9. The van der Waals surface area contributed by atoms with Gasteiger partial charge in [0, 0.05) is 39.4 Å². The van der Waals surface area contributed by atoms with Crippen molar-refractivity contribution in [2.24, 2.45) is 0 Å². The predicted octanol–water partition coefficient (Wildman–Crippen LogP) is 11.8. The Hall–Kier alpha value is -6.78. The van der Waals surface area contributed by atoms with Crippen molar-refractivity contribution in [3.05, 3.63) is 198 Å². The van der Waals surface area contributed by atoms with Crippen molar-refractivity contribution in [1.82, 2.24) is 19.9 Å². The van der Waals surface area contributed by atoms with Gasteiger partial charge in [-0.15, -0.1) is 0 Å². The Balaban J connectivity index is 1.20. The summed E-state index contributed by atoms with van der Waals surface area (Å²) in [5.74, 6) is 1.44. The van der Waals surface area contributed by atoms with Gasteiger partial charge in [0.2, 0.25) is 0 Å². The van der Waals surface area contributed by atoms with Gasteiger partial charge in [0.05, 0.1) is 22.3 Å². The molecular weight excluding hydrogens is 645 g/mol. The smallest absolute Gasteiger partial charge is 0.161 e. The first kappa shape index (κ1) is 31.0. The highest BCUT2D eigenvalue weighted by Gasteiger charge is 2.53. The van der Waals surface area contributed by atoms with E-state index in [1.165, 1.54) is 33.4 Å². The monoisotopic (exact) mass is 678 g/mol. The number of allylic oxidation sites excluding steroid dienone is 4. The fraction of sp³-hybridized carbons (Fsp3) is 0.0612. The molecule has 0 radical (unpaired) electrons. The fourth-order valence-electron chi connectivity index (χ4n) is 8.63. The Morgan fingerprint density at radius 3 is 1.91 bits per heavy atom. The molecule has 2 heterocycles. The van der Waals surface area contributed by atoms with Crippen LogP contribution in [0.5, 0.6) is 0 Å². The first-order valence-electron chi connectivity index (χ1n) is 18.1. The van der Waals surface area contributed by atoms with Crippen molar-refractivity contribution >= 4 is 16.5 Å². The van der Waals surface area contributed by atoms with Crippen LogP contribution in [0.4, 0.5) is 0 Å². The molecule has 0 N–H and O–H groups in total. The molecule has 1 spiro atoms. The van der Waals surface area contributed by atoms with Crippen LogP contribution in [0.15, 0.2) is 176 Å². The van der Waals surface area contributed by atoms with Crippen molar-refractivity contribution in [1.29, 1.82) is 0 Å². The average Bonchev–Trinajstić information content (AvgIpc) is 3.66. The lowest BCUT2D eigenvalue weighted by Gasteiger charge is -2.31. The van der Waals surface area contributed by atoms with Crippen molar-refractivity contribution in [2.75, 3.05) is 0 Å². The summed E-state index contributed by atoms with van der Waals surface area (Å²) in [6.07, 6.45) is 6.49. The fourth-order valence-corrected chi connectivity index (χ4v) is 8.63. The summed E-state index contributed by atoms with van der Waals surface area (Å²) >= 11 is 0. The number of rotatable bonds is 5. The van der Waals surface area contributed by atoms with Gasteiger partial charge in [-0.05, 0) is 58.9 Å². The summed E-state index contributed by atoms with van der Waals surface area (Å²) in [6, 6.07) is 53.1. The summed E-state index contributed by atoms with van der Waals surface area (Å²) < 4.78 is 0. The van der Waals surface area contributed by atoms with Gasteiger partial charge in [-0.25, -0.2) is 19.9 Å². The lowest BCUT2D eigenvalue weighted by molar-refractivity contribution is 0.777. The molecule has 0 bridgehead atoms. The Labute approximate surface area is 308 Å². The average molecular weight is 679 g/mol. The van der Waals surface area contributed by atoms with E-state index in [0.29, 0.717) is 5.82 Å². The van der Waals surface area contributed by atoms with Crippen LogP contribution in [0.1, 0.15) is 36.1 Å². The lowest BCUT2D eigenvalue weighted by Crippen LogP contribution is -2.27. The highest BCUT2D eigenvalue weighted by molar-refractivity contribution is 5.99. The molecule has 250 valence electrons. The van der Waals surface area contributed by atoms with E-state index in [1.807, 2.05) is 24.3 Å². The van der Waals surface area contributed by atoms with Crippen LogP contribution >= 0.6 is 0 Å². The lowest BCUT2D eigenvalue weighted by atomic mass is 9.70. The third-order valence-corrected chi connectivity index (χ3v) is 10.9. The Bertz CT molecular complexity index is 2780. The molecule has 2 aromatic heterocycles. The van der Waals surface area contributed by atoms with E-state index in [0.717, 1.165) is 61.5 Å². The molecule has 2 aliphatic rings. The third kappa shape index (κ3) is 4.62. The summed E-state index contributed by atoms with van der Waals surface area (Å²) in [4.78, 5) is 20.9. The zero-order chi connectivity index (χ0) is 35.5. The minimum absolute atomic E-state index is 0.587. The number of para-hydroxylation sites is 1. The molecule has 1 unspecified atom stereocenters. The standard InChI is InChI=1S/C49H34N4/c1-3-15-39-31(2)44-38(48-51-43-25-13-11-21-37(43)45(52-48)34-28-26-33(27-29-34)32-16-6-4-7-17-32)22-14-24-41(44)49(39)40-23-12-10-20-36(40)46-42(49)30-50-47(53-46)35-18-8-5-9-19-35/h3-30H,1-2H3/b15-3-.